The number of unbranched alkanes of at least 4 members (excludes halogenated alkanes) is 30. The predicted octanol–water partition coefficient (Wildman–Crippen LogP) is 21.7. The average Bonchev–Trinajstić information content (AvgIpc) is 3.41. The molecule has 0 radical (unpaired) electrons. The molecule has 0 unspecified atom stereocenters. The van der Waals surface area contributed by atoms with Crippen molar-refractivity contribution in [2.75, 3.05) is 13.2 Å². The Morgan fingerprint density at radius 2 is 0.480 bits per heavy atom. The maximum Gasteiger partial charge on any atom is 0.306 e. The minimum atomic E-state index is -0.797. The summed E-state index contributed by atoms with van der Waals surface area (Å²) >= 11 is 0. The summed E-state index contributed by atoms with van der Waals surface area (Å²) < 4.78 is 16.9. The van der Waals surface area contributed by atoms with Gasteiger partial charge in [0.15, 0.2) is 6.10 Å². The molecular weight excluding hydrogens is 925 g/mol. The Morgan fingerprint density at radius 3 is 0.760 bits per heavy atom. The number of carbonyl (C=O) groups is 3. The minimum absolute atomic E-state index is 0.0915. The molecule has 0 amide bonds. The zero-order chi connectivity index (χ0) is 54.3. The van der Waals surface area contributed by atoms with E-state index >= 15 is 0 Å². The summed E-state index contributed by atoms with van der Waals surface area (Å²) in [5.74, 6) is -0.923. The SMILES string of the molecule is CCCCC/C=C/C/C=C/C/C=C/C/C=C/CCCCCC(=O)OC[C@@H](COC(=O)CCCCCCCCCCC/C=C/C/C=C/CCCCC)OC(=O)CCCCCCCCCCC/C=C/C/C=C/CCCCC. The molecule has 1 atom stereocenters. The first-order valence-electron chi connectivity index (χ1n) is 31.7. The molecule has 0 spiro atoms. The molecule has 0 aromatic heterocycles. The number of hydrogen-bond acceptors (Lipinski definition) is 6. The van der Waals surface area contributed by atoms with E-state index in [2.05, 4.69) is 118 Å². The number of esters is 3. The van der Waals surface area contributed by atoms with Gasteiger partial charge in [-0.3, -0.25) is 14.4 Å². The van der Waals surface area contributed by atoms with Crippen LogP contribution in [-0.4, -0.2) is 37.2 Å². The van der Waals surface area contributed by atoms with Crippen molar-refractivity contribution in [1.29, 1.82) is 0 Å². The van der Waals surface area contributed by atoms with E-state index in [1.165, 1.54) is 167 Å². The third-order valence-electron chi connectivity index (χ3n) is 13.5. The summed E-state index contributed by atoms with van der Waals surface area (Å²) in [6.45, 7) is 6.55. The fourth-order valence-electron chi connectivity index (χ4n) is 8.72. The molecule has 0 aromatic carbocycles. The lowest BCUT2D eigenvalue weighted by molar-refractivity contribution is -0.167. The predicted molar refractivity (Wildman–Crippen MR) is 325 cm³/mol. The van der Waals surface area contributed by atoms with Crippen LogP contribution in [0.2, 0.25) is 0 Å². The van der Waals surface area contributed by atoms with Gasteiger partial charge < -0.3 is 14.2 Å². The van der Waals surface area contributed by atoms with Crippen molar-refractivity contribution in [3.8, 4) is 0 Å². The van der Waals surface area contributed by atoms with E-state index in [0.29, 0.717) is 19.3 Å². The monoisotopic (exact) mass is 1040 g/mol. The van der Waals surface area contributed by atoms with Crippen molar-refractivity contribution in [2.45, 2.75) is 309 Å². The van der Waals surface area contributed by atoms with Gasteiger partial charge in [0, 0.05) is 19.3 Å². The van der Waals surface area contributed by atoms with Crippen molar-refractivity contribution in [3.05, 3.63) is 97.2 Å². The fraction of sp³-hybridized carbons (Fsp3) is 0.725. The standard InChI is InChI=1S/C69H118O6/c1-4-7-10-13-16-19-22-25-28-31-34-37-40-43-46-49-52-55-58-61-67(70)73-64-66(75-69(72)63-60-57-54-51-48-45-42-39-36-33-30-27-24-21-18-15-12-9-6-3)65-74-68(71)62-59-56-53-50-47-44-41-38-35-32-29-26-23-20-17-14-11-8-5-2/h16-21,25-30,34,37,43,46,66H,4-15,22-24,31-33,35-36,38-42,44-45,47-65H2,1-3H3/b19-16+,20-17+,21-18+,28-25+,29-26+,30-27+,37-34+,46-43+/t66-/m0/s1. The van der Waals surface area contributed by atoms with Crippen LogP contribution in [0.4, 0.5) is 0 Å². The number of hydrogen-bond donors (Lipinski definition) is 0. The first-order valence-corrected chi connectivity index (χ1v) is 31.7. The van der Waals surface area contributed by atoms with Crippen LogP contribution in [0, 0.1) is 0 Å². The van der Waals surface area contributed by atoms with Gasteiger partial charge in [0.25, 0.3) is 0 Å². The highest BCUT2D eigenvalue weighted by molar-refractivity contribution is 5.71. The zero-order valence-corrected chi connectivity index (χ0v) is 49.3. The van der Waals surface area contributed by atoms with E-state index in [1.807, 2.05) is 0 Å². The minimum Gasteiger partial charge on any atom is -0.462 e. The second-order valence-corrected chi connectivity index (χ2v) is 21.0. The van der Waals surface area contributed by atoms with E-state index in [4.69, 9.17) is 14.2 Å². The second kappa shape index (κ2) is 62.9. The smallest absolute Gasteiger partial charge is 0.306 e. The molecule has 0 aliphatic rings. The summed E-state index contributed by atoms with van der Waals surface area (Å²) in [5.41, 5.74) is 0. The molecule has 0 aliphatic carbocycles. The maximum absolute atomic E-state index is 12.9. The van der Waals surface area contributed by atoms with Gasteiger partial charge in [-0.1, -0.05) is 253 Å². The first-order chi connectivity index (χ1) is 37.0. The Morgan fingerprint density at radius 1 is 0.267 bits per heavy atom. The van der Waals surface area contributed by atoms with Crippen molar-refractivity contribution in [1.82, 2.24) is 0 Å². The highest BCUT2D eigenvalue weighted by Crippen LogP contribution is 2.15. The van der Waals surface area contributed by atoms with E-state index in [1.54, 1.807) is 0 Å². The Hall–Kier alpha value is -3.67. The third-order valence-corrected chi connectivity index (χ3v) is 13.5. The van der Waals surface area contributed by atoms with Crippen LogP contribution in [0.1, 0.15) is 303 Å². The summed E-state index contributed by atoms with van der Waals surface area (Å²) in [7, 11) is 0. The second-order valence-electron chi connectivity index (χ2n) is 21.0. The average molecular weight is 1040 g/mol. The summed E-state index contributed by atoms with van der Waals surface area (Å²) in [4.78, 5) is 38.3. The third kappa shape index (κ3) is 61.1. The first kappa shape index (κ1) is 71.3. The quantitative estimate of drug-likeness (QED) is 0.0261. The van der Waals surface area contributed by atoms with Gasteiger partial charge >= 0.3 is 17.9 Å². The van der Waals surface area contributed by atoms with E-state index in [-0.39, 0.29) is 31.1 Å². The largest absolute Gasteiger partial charge is 0.462 e. The summed E-state index contributed by atoms with van der Waals surface area (Å²) in [6.07, 6.45) is 84.0. The van der Waals surface area contributed by atoms with Gasteiger partial charge in [-0.05, 0) is 128 Å². The topological polar surface area (TPSA) is 78.9 Å². The molecule has 430 valence electrons. The van der Waals surface area contributed by atoms with Crippen LogP contribution < -0.4 is 0 Å². The van der Waals surface area contributed by atoms with Crippen LogP contribution in [0.15, 0.2) is 97.2 Å². The molecule has 0 aromatic rings. The van der Waals surface area contributed by atoms with Crippen LogP contribution in [0.3, 0.4) is 0 Å². The molecule has 6 nitrogen and oxygen atoms in total. The molecule has 0 fully saturated rings. The Bertz CT molecular complexity index is 1480. The highest BCUT2D eigenvalue weighted by Gasteiger charge is 2.19. The van der Waals surface area contributed by atoms with Crippen LogP contribution in [0.5, 0.6) is 0 Å². The van der Waals surface area contributed by atoms with Crippen LogP contribution in [0.25, 0.3) is 0 Å². The Labute approximate surface area is 464 Å². The molecule has 0 rings (SSSR count). The van der Waals surface area contributed by atoms with Gasteiger partial charge in [-0.25, -0.2) is 0 Å². The van der Waals surface area contributed by atoms with E-state index in [9.17, 15) is 14.4 Å². The lowest BCUT2D eigenvalue weighted by atomic mass is 10.1. The molecule has 0 N–H and O–H groups in total. The Balaban J connectivity index is 4.45. The molecular formula is C69H118O6. The molecule has 0 heterocycles. The van der Waals surface area contributed by atoms with Crippen molar-refractivity contribution < 1.29 is 28.6 Å². The Kier molecular flexibility index (Phi) is 59.8. The summed E-state index contributed by atoms with van der Waals surface area (Å²) in [6, 6.07) is 0. The van der Waals surface area contributed by atoms with Crippen molar-refractivity contribution >= 4 is 17.9 Å². The van der Waals surface area contributed by atoms with E-state index < -0.39 is 6.10 Å². The van der Waals surface area contributed by atoms with Crippen molar-refractivity contribution in [2.24, 2.45) is 0 Å². The number of rotatable bonds is 57. The normalized spacial score (nSPS) is 12.7. The van der Waals surface area contributed by atoms with Gasteiger partial charge in [0.05, 0.1) is 0 Å². The van der Waals surface area contributed by atoms with E-state index in [0.717, 1.165) is 96.3 Å². The molecule has 75 heavy (non-hydrogen) atoms. The number of ether oxygens (including phenoxy) is 3. The van der Waals surface area contributed by atoms with Gasteiger partial charge in [-0.2, -0.15) is 0 Å². The lowest BCUT2D eigenvalue weighted by Crippen LogP contribution is -2.30. The molecule has 6 heteroatoms. The maximum atomic E-state index is 12.9. The summed E-state index contributed by atoms with van der Waals surface area (Å²) in [5, 5.41) is 0. The fourth-order valence-corrected chi connectivity index (χ4v) is 8.72. The molecule has 0 saturated carbocycles. The number of allylic oxidation sites excluding steroid dienone is 16. The highest BCUT2D eigenvalue weighted by atomic mass is 16.6. The molecule has 0 saturated heterocycles. The zero-order valence-electron chi connectivity index (χ0n) is 49.3. The van der Waals surface area contributed by atoms with Crippen LogP contribution >= 0.6 is 0 Å². The molecule has 0 aliphatic heterocycles. The number of carbonyl (C=O) groups excluding carboxylic acids is 3. The van der Waals surface area contributed by atoms with Gasteiger partial charge in [0.1, 0.15) is 13.2 Å². The van der Waals surface area contributed by atoms with Crippen molar-refractivity contribution in [3.63, 3.8) is 0 Å². The van der Waals surface area contributed by atoms with Gasteiger partial charge in [-0.15, -0.1) is 0 Å². The van der Waals surface area contributed by atoms with Crippen LogP contribution in [-0.2, 0) is 28.6 Å². The lowest BCUT2D eigenvalue weighted by Gasteiger charge is -2.18. The van der Waals surface area contributed by atoms with Gasteiger partial charge in [0.2, 0.25) is 0 Å². The molecule has 0 bridgehead atoms.